The number of hydrogen-bond donors (Lipinski definition) is 0. The molecule has 0 bridgehead atoms. The molecule has 0 aliphatic rings. The Morgan fingerprint density at radius 3 is 2.79 bits per heavy atom. The zero-order valence-corrected chi connectivity index (χ0v) is 8.73. The molecule has 1 atom stereocenters. The van der Waals surface area contributed by atoms with Crippen LogP contribution in [0.15, 0.2) is 22.8 Å². The van der Waals surface area contributed by atoms with E-state index in [4.69, 9.17) is 9.68 Å². The number of furan rings is 1. The van der Waals surface area contributed by atoms with Crippen molar-refractivity contribution < 1.29 is 4.42 Å². The Morgan fingerprint density at radius 1 is 1.57 bits per heavy atom. The maximum atomic E-state index is 8.93. The summed E-state index contributed by atoms with van der Waals surface area (Å²) in [7, 11) is 0. The average Bonchev–Trinajstić information content (AvgIpc) is 2.70. The summed E-state index contributed by atoms with van der Waals surface area (Å²) in [6, 6.07) is 6.10. The van der Waals surface area contributed by atoms with Crippen LogP contribution in [0.2, 0.25) is 0 Å². The van der Waals surface area contributed by atoms with Crippen molar-refractivity contribution in [2.24, 2.45) is 0 Å². The van der Waals surface area contributed by atoms with Crippen LogP contribution >= 0.6 is 0 Å². The molecule has 1 heterocycles. The number of nitrogens with zero attached hydrogens (tertiary/aromatic N) is 2. The zero-order chi connectivity index (χ0) is 10.4. The molecule has 0 amide bonds. The minimum atomic E-state index is -0.00917. The Balaban J connectivity index is 2.59. The average molecular weight is 192 g/mol. The highest BCUT2D eigenvalue weighted by molar-refractivity contribution is 5.00. The number of hydrogen-bond acceptors (Lipinski definition) is 3. The van der Waals surface area contributed by atoms with Crippen LogP contribution in [0.3, 0.4) is 0 Å². The van der Waals surface area contributed by atoms with Crippen LogP contribution in [-0.4, -0.2) is 17.5 Å². The molecule has 0 aromatic carbocycles. The maximum absolute atomic E-state index is 8.93. The summed E-state index contributed by atoms with van der Waals surface area (Å²) in [6.07, 6.45) is 2.52. The van der Waals surface area contributed by atoms with E-state index >= 15 is 0 Å². The quantitative estimate of drug-likeness (QED) is 0.719. The molecule has 0 fully saturated rings. The van der Waals surface area contributed by atoms with Gasteiger partial charge in [0.25, 0.3) is 0 Å². The largest absolute Gasteiger partial charge is 0.468 e. The standard InChI is InChI=1S/C11H16N2O/c1-3-10(8-12)13(4-2)9-11-6-5-7-14-11/h5-7,10H,3-4,9H2,1-2H3. The van der Waals surface area contributed by atoms with E-state index in [0.717, 1.165) is 25.3 Å². The van der Waals surface area contributed by atoms with Crippen molar-refractivity contribution in [3.05, 3.63) is 24.2 Å². The molecule has 1 unspecified atom stereocenters. The van der Waals surface area contributed by atoms with E-state index in [2.05, 4.69) is 17.9 Å². The van der Waals surface area contributed by atoms with E-state index in [9.17, 15) is 0 Å². The van der Waals surface area contributed by atoms with Crippen molar-refractivity contribution in [3.63, 3.8) is 0 Å². The van der Waals surface area contributed by atoms with Gasteiger partial charge in [0.15, 0.2) is 0 Å². The molecule has 0 aliphatic heterocycles. The molecule has 76 valence electrons. The van der Waals surface area contributed by atoms with Gasteiger partial charge in [-0.2, -0.15) is 5.26 Å². The minimum absolute atomic E-state index is 0.00917. The van der Waals surface area contributed by atoms with Crippen molar-refractivity contribution >= 4 is 0 Å². The summed E-state index contributed by atoms with van der Waals surface area (Å²) in [4.78, 5) is 2.11. The van der Waals surface area contributed by atoms with Gasteiger partial charge in [0.2, 0.25) is 0 Å². The summed E-state index contributed by atoms with van der Waals surface area (Å²) >= 11 is 0. The van der Waals surface area contributed by atoms with E-state index in [-0.39, 0.29) is 6.04 Å². The van der Waals surface area contributed by atoms with Crippen molar-refractivity contribution in [2.45, 2.75) is 32.9 Å². The molecule has 3 nitrogen and oxygen atoms in total. The van der Waals surface area contributed by atoms with Gasteiger partial charge < -0.3 is 4.42 Å². The van der Waals surface area contributed by atoms with Gasteiger partial charge in [-0.3, -0.25) is 4.90 Å². The van der Waals surface area contributed by atoms with Gasteiger partial charge in [0.1, 0.15) is 5.76 Å². The summed E-state index contributed by atoms with van der Waals surface area (Å²) in [5.41, 5.74) is 0. The molecule has 1 aromatic heterocycles. The molecular weight excluding hydrogens is 176 g/mol. The molecule has 14 heavy (non-hydrogen) atoms. The highest BCUT2D eigenvalue weighted by Crippen LogP contribution is 2.10. The first-order valence-electron chi connectivity index (χ1n) is 4.97. The van der Waals surface area contributed by atoms with Gasteiger partial charge in [-0.15, -0.1) is 0 Å². The second kappa shape index (κ2) is 5.46. The third kappa shape index (κ3) is 2.61. The molecule has 0 N–H and O–H groups in total. The Kier molecular flexibility index (Phi) is 4.21. The fraction of sp³-hybridized carbons (Fsp3) is 0.545. The lowest BCUT2D eigenvalue weighted by molar-refractivity contribution is 0.214. The van der Waals surface area contributed by atoms with E-state index in [1.165, 1.54) is 0 Å². The number of rotatable bonds is 5. The third-order valence-corrected chi connectivity index (χ3v) is 2.32. The lowest BCUT2D eigenvalue weighted by atomic mass is 10.2. The monoisotopic (exact) mass is 192 g/mol. The molecule has 1 rings (SSSR count). The Labute approximate surface area is 84.9 Å². The van der Waals surface area contributed by atoms with Crippen LogP contribution < -0.4 is 0 Å². The van der Waals surface area contributed by atoms with E-state index in [0.29, 0.717) is 0 Å². The molecule has 0 radical (unpaired) electrons. The Morgan fingerprint density at radius 2 is 2.36 bits per heavy atom. The van der Waals surface area contributed by atoms with Crippen LogP contribution in [0.25, 0.3) is 0 Å². The van der Waals surface area contributed by atoms with Crippen LogP contribution in [0, 0.1) is 11.3 Å². The fourth-order valence-corrected chi connectivity index (χ4v) is 1.48. The third-order valence-electron chi connectivity index (χ3n) is 2.32. The van der Waals surface area contributed by atoms with E-state index in [1.807, 2.05) is 19.1 Å². The van der Waals surface area contributed by atoms with Gasteiger partial charge in [-0.25, -0.2) is 0 Å². The SMILES string of the molecule is CCC(C#N)N(CC)Cc1ccco1. The Hall–Kier alpha value is -1.27. The molecule has 0 saturated heterocycles. The lowest BCUT2D eigenvalue weighted by Gasteiger charge is -2.23. The molecule has 0 saturated carbocycles. The topological polar surface area (TPSA) is 40.2 Å². The highest BCUT2D eigenvalue weighted by Gasteiger charge is 2.15. The minimum Gasteiger partial charge on any atom is -0.468 e. The molecular formula is C11H16N2O. The van der Waals surface area contributed by atoms with E-state index in [1.54, 1.807) is 6.26 Å². The van der Waals surface area contributed by atoms with E-state index < -0.39 is 0 Å². The fourth-order valence-electron chi connectivity index (χ4n) is 1.48. The lowest BCUT2D eigenvalue weighted by Crippen LogP contribution is -2.32. The van der Waals surface area contributed by atoms with Gasteiger partial charge >= 0.3 is 0 Å². The summed E-state index contributed by atoms with van der Waals surface area (Å²) in [6.45, 7) is 5.67. The van der Waals surface area contributed by atoms with Gasteiger partial charge in [-0.1, -0.05) is 13.8 Å². The maximum Gasteiger partial charge on any atom is 0.117 e. The molecule has 0 spiro atoms. The van der Waals surface area contributed by atoms with Crippen LogP contribution in [0.5, 0.6) is 0 Å². The smallest absolute Gasteiger partial charge is 0.117 e. The van der Waals surface area contributed by atoms with Gasteiger partial charge in [0, 0.05) is 0 Å². The van der Waals surface area contributed by atoms with Gasteiger partial charge in [-0.05, 0) is 25.1 Å². The number of nitriles is 1. The van der Waals surface area contributed by atoms with Crippen molar-refractivity contribution in [1.29, 1.82) is 5.26 Å². The first-order chi connectivity index (χ1) is 6.81. The second-order valence-electron chi connectivity index (χ2n) is 3.20. The molecule has 1 aromatic rings. The first kappa shape index (κ1) is 10.8. The molecule has 3 heteroatoms. The van der Waals surface area contributed by atoms with Crippen LogP contribution in [0.4, 0.5) is 0 Å². The van der Waals surface area contributed by atoms with Crippen LogP contribution in [-0.2, 0) is 6.54 Å². The van der Waals surface area contributed by atoms with Crippen LogP contribution in [0.1, 0.15) is 26.0 Å². The zero-order valence-electron chi connectivity index (χ0n) is 8.73. The summed E-state index contributed by atoms with van der Waals surface area (Å²) in [5, 5.41) is 8.93. The van der Waals surface area contributed by atoms with Crippen molar-refractivity contribution in [1.82, 2.24) is 4.90 Å². The first-order valence-corrected chi connectivity index (χ1v) is 4.97. The highest BCUT2D eigenvalue weighted by atomic mass is 16.3. The van der Waals surface area contributed by atoms with Crippen molar-refractivity contribution in [3.8, 4) is 6.07 Å². The van der Waals surface area contributed by atoms with Gasteiger partial charge in [0.05, 0.1) is 24.9 Å². The summed E-state index contributed by atoms with van der Waals surface area (Å²) in [5.74, 6) is 0.917. The normalized spacial score (nSPS) is 12.7. The predicted octanol–water partition coefficient (Wildman–Crippen LogP) is 2.40. The molecule has 0 aliphatic carbocycles. The Bertz CT molecular complexity index is 287. The summed E-state index contributed by atoms with van der Waals surface area (Å²) < 4.78 is 5.25. The predicted molar refractivity (Wildman–Crippen MR) is 54.5 cm³/mol. The second-order valence-corrected chi connectivity index (χ2v) is 3.20. The van der Waals surface area contributed by atoms with Crippen molar-refractivity contribution in [2.75, 3.05) is 6.54 Å².